The largest absolute Gasteiger partial charge is 0.345 e. The number of anilines is 1. The SMILES string of the molecule is CC(C)(C)c1cc(NC(=O)CNC(=O)[C@H]2c3ccccc3C(=O)N2C2CC2)n[nH]1. The molecular formula is C21H25N5O3. The number of benzene rings is 1. The second-order valence-corrected chi connectivity index (χ2v) is 8.62. The lowest BCUT2D eigenvalue weighted by Crippen LogP contribution is -2.42. The zero-order valence-corrected chi connectivity index (χ0v) is 16.8. The van der Waals surface area contributed by atoms with Crippen molar-refractivity contribution in [3.8, 4) is 0 Å². The quantitative estimate of drug-likeness (QED) is 0.721. The molecule has 2 aliphatic rings. The fourth-order valence-electron chi connectivity index (χ4n) is 3.55. The zero-order valence-electron chi connectivity index (χ0n) is 16.8. The van der Waals surface area contributed by atoms with Gasteiger partial charge >= 0.3 is 0 Å². The fraction of sp³-hybridized carbons (Fsp3) is 0.429. The third-order valence-corrected chi connectivity index (χ3v) is 5.26. The van der Waals surface area contributed by atoms with Crippen LogP contribution >= 0.6 is 0 Å². The number of nitrogens with one attached hydrogen (secondary N) is 3. The van der Waals surface area contributed by atoms with Gasteiger partial charge in [-0.2, -0.15) is 5.10 Å². The molecule has 0 bridgehead atoms. The Labute approximate surface area is 169 Å². The van der Waals surface area contributed by atoms with E-state index in [0.29, 0.717) is 16.9 Å². The summed E-state index contributed by atoms with van der Waals surface area (Å²) in [7, 11) is 0. The number of aromatic amines is 1. The molecule has 0 unspecified atom stereocenters. The van der Waals surface area contributed by atoms with E-state index in [1.165, 1.54) is 0 Å². The van der Waals surface area contributed by atoms with Crippen LogP contribution in [0.1, 0.15) is 61.3 Å². The van der Waals surface area contributed by atoms with Crippen molar-refractivity contribution in [2.24, 2.45) is 0 Å². The number of amides is 3. The average Bonchev–Trinajstić information content (AvgIpc) is 3.31. The van der Waals surface area contributed by atoms with Crippen molar-refractivity contribution in [1.82, 2.24) is 20.4 Å². The summed E-state index contributed by atoms with van der Waals surface area (Å²) in [5.74, 6) is -0.419. The lowest BCUT2D eigenvalue weighted by atomic mass is 9.92. The summed E-state index contributed by atoms with van der Waals surface area (Å²) in [4.78, 5) is 39.5. The molecule has 3 N–H and O–H groups in total. The van der Waals surface area contributed by atoms with Crippen molar-refractivity contribution < 1.29 is 14.4 Å². The van der Waals surface area contributed by atoms with Crippen LogP contribution in [0.5, 0.6) is 0 Å². The molecule has 1 aliphatic carbocycles. The topological polar surface area (TPSA) is 107 Å². The molecule has 152 valence electrons. The minimum absolute atomic E-state index is 0.0966. The first-order valence-electron chi connectivity index (χ1n) is 9.81. The Kier molecular flexibility index (Phi) is 4.64. The predicted octanol–water partition coefficient (Wildman–Crippen LogP) is 2.12. The van der Waals surface area contributed by atoms with Gasteiger partial charge in [0.15, 0.2) is 5.82 Å². The minimum Gasteiger partial charge on any atom is -0.345 e. The van der Waals surface area contributed by atoms with Crippen LogP contribution in [0.3, 0.4) is 0 Å². The van der Waals surface area contributed by atoms with Gasteiger partial charge in [0.1, 0.15) is 6.04 Å². The van der Waals surface area contributed by atoms with Crippen LogP contribution in [-0.4, -0.2) is 45.4 Å². The minimum atomic E-state index is -0.683. The first-order valence-corrected chi connectivity index (χ1v) is 9.81. The van der Waals surface area contributed by atoms with Gasteiger partial charge in [-0.25, -0.2) is 0 Å². The zero-order chi connectivity index (χ0) is 20.8. The number of nitrogens with zero attached hydrogens (tertiary/aromatic N) is 2. The van der Waals surface area contributed by atoms with Gasteiger partial charge in [0, 0.05) is 28.8 Å². The molecule has 1 aliphatic heterocycles. The fourth-order valence-corrected chi connectivity index (χ4v) is 3.55. The lowest BCUT2D eigenvalue weighted by Gasteiger charge is -2.24. The highest BCUT2D eigenvalue weighted by molar-refractivity contribution is 6.05. The molecule has 1 fully saturated rings. The van der Waals surface area contributed by atoms with Gasteiger partial charge in [-0.1, -0.05) is 39.0 Å². The van der Waals surface area contributed by atoms with E-state index >= 15 is 0 Å². The number of fused-ring (bicyclic) bond motifs is 1. The van der Waals surface area contributed by atoms with Gasteiger partial charge in [-0.05, 0) is 24.5 Å². The van der Waals surface area contributed by atoms with Gasteiger partial charge in [0.05, 0.1) is 6.54 Å². The summed E-state index contributed by atoms with van der Waals surface area (Å²) < 4.78 is 0. The van der Waals surface area contributed by atoms with Crippen LogP contribution in [0.25, 0.3) is 0 Å². The number of hydrogen-bond donors (Lipinski definition) is 3. The summed E-state index contributed by atoms with van der Waals surface area (Å²) in [5.41, 5.74) is 2.05. The van der Waals surface area contributed by atoms with E-state index in [1.54, 1.807) is 29.2 Å². The summed E-state index contributed by atoms with van der Waals surface area (Å²) in [5, 5.41) is 12.3. The summed E-state index contributed by atoms with van der Waals surface area (Å²) >= 11 is 0. The second kappa shape index (κ2) is 7.02. The van der Waals surface area contributed by atoms with Crippen molar-refractivity contribution in [3.63, 3.8) is 0 Å². The number of aromatic nitrogens is 2. The Morgan fingerprint density at radius 2 is 1.97 bits per heavy atom. The molecule has 0 spiro atoms. The van der Waals surface area contributed by atoms with Crippen molar-refractivity contribution in [3.05, 3.63) is 47.2 Å². The molecule has 29 heavy (non-hydrogen) atoms. The molecule has 0 radical (unpaired) electrons. The summed E-state index contributed by atoms with van der Waals surface area (Å²) in [6.45, 7) is 5.93. The smallest absolute Gasteiger partial charge is 0.255 e. The number of rotatable bonds is 5. The highest BCUT2D eigenvalue weighted by Crippen LogP contribution is 2.41. The first kappa shape index (κ1) is 19.2. The Morgan fingerprint density at radius 1 is 1.24 bits per heavy atom. The maximum Gasteiger partial charge on any atom is 0.255 e. The highest BCUT2D eigenvalue weighted by Gasteiger charge is 2.47. The van der Waals surface area contributed by atoms with Gasteiger partial charge < -0.3 is 15.5 Å². The Hall–Kier alpha value is -3.16. The Balaban J connectivity index is 1.40. The van der Waals surface area contributed by atoms with Crippen molar-refractivity contribution in [2.75, 3.05) is 11.9 Å². The van der Waals surface area contributed by atoms with Gasteiger partial charge in [-0.15, -0.1) is 0 Å². The highest BCUT2D eigenvalue weighted by atomic mass is 16.2. The van der Waals surface area contributed by atoms with Crippen LogP contribution in [0.15, 0.2) is 30.3 Å². The van der Waals surface area contributed by atoms with Crippen molar-refractivity contribution in [1.29, 1.82) is 0 Å². The molecule has 8 nitrogen and oxygen atoms in total. The molecule has 0 saturated heterocycles. The van der Waals surface area contributed by atoms with E-state index in [4.69, 9.17) is 0 Å². The van der Waals surface area contributed by atoms with Crippen LogP contribution in [0.4, 0.5) is 5.82 Å². The predicted molar refractivity (Wildman–Crippen MR) is 107 cm³/mol. The standard InChI is InChI=1S/C21H25N5O3/c1-21(2,3)15-10-16(25-24-15)23-17(27)11-22-19(28)18-13-6-4-5-7-14(13)20(29)26(18)12-8-9-12/h4-7,10,12,18H,8-9,11H2,1-3H3,(H,22,28)(H2,23,24,25,27)/t18-/m1/s1. The molecule has 4 rings (SSSR count). The molecule has 1 aromatic heterocycles. The van der Waals surface area contributed by atoms with Crippen LogP contribution < -0.4 is 10.6 Å². The molecular weight excluding hydrogens is 370 g/mol. The number of hydrogen-bond acceptors (Lipinski definition) is 4. The Bertz CT molecular complexity index is 971. The van der Waals surface area contributed by atoms with E-state index in [2.05, 4.69) is 20.8 Å². The number of carbonyl (C=O) groups excluding carboxylic acids is 3. The van der Waals surface area contributed by atoms with E-state index in [9.17, 15) is 14.4 Å². The molecule has 1 atom stereocenters. The molecule has 1 aromatic carbocycles. The van der Waals surface area contributed by atoms with Gasteiger partial charge in [0.25, 0.3) is 5.91 Å². The van der Waals surface area contributed by atoms with Crippen LogP contribution in [0.2, 0.25) is 0 Å². The van der Waals surface area contributed by atoms with E-state index in [1.807, 2.05) is 26.8 Å². The molecule has 2 heterocycles. The third-order valence-electron chi connectivity index (χ3n) is 5.26. The van der Waals surface area contributed by atoms with Crippen molar-refractivity contribution in [2.45, 2.75) is 51.1 Å². The maximum absolute atomic E-state index is 12.9. The maximum atomic E-state index is 12.9. The Morgan fingerprint density at radius 3 is 2.62 bits per heavy atom. The normalized spacial score (nSPS) is 18.5. The monoisotopic (exact) mass is 395 g/mol. The van der Waals surface area contributed by atoms with E-state index in [-0.39, 0.29) is 35.7 Å². The first-order chi connectivity index (χ1) is 13.8. The molecule has 8 heteroatoms. The number of H-pyrrole nitrogens is 1. The van der Waals surface area contributed by atoms with E-state index in [0.717, 1.165) is 18.5 Å². The molecule has 3 amide bonds. The summed E-state index contributed by atoms with van der Waals surface area (Å²) in [6.07, 6.45) is 1.80. The van der Waals surface area contributed by atoms with Gasteiger partial charge in [-0.3, -0.25) is 19.5 Å². The average molecular weight is 395 g/mol. The van der Waals surface area contributed by atoms with E-state index < -0.39 is 6.04 Å². The molecule has 2 aromatic rings. The van der Waals surface area contributed by atoms with Crippen LogP contribution in [0, 0.1) is 0 Å². The number of carbonyl (C=O) groups is 3. The third kappa shape index (κ3) is 3.74. The summed E-state index contributed by atoms with van der Waals surface area (Å²) in [6, 6.07) is 8.36. The van der Waals surface area contributed by atoms with Crippen molar-refractivity contribution >= 4 is 23.5 Å². The van der Waals surface area contributed by atoms with Crippen LogP contribution in [-0.2, 0) is 15.0 Å². The molecule has 1 saturated carbocycles. The second-order valence-electron chi connectivity index (χ2n) is 8.62. The van der Waals surface area contributed by atoms with Gasteiger partial charge in [0.2, 0.25) is 11.8 Å². The lowest BCUT2D eigenvalue weighted by molar-refractivity contribution is -0.127.